The Morgan fingerprint density at radius 3 is 2.54 bits per heavy atom. The van der Waals surface area contributed by atoms with Crippen molar-refractivity contribution in [3.8, 4) is 11.5 Å². The van der Waals surface area contributed by atoms with Crippen LogP contribution in [0.2, 0.25) is 0 Å². The fourth-order valence-corrected chi connectivity index (χ4v) is 2.32. The Morgan fingerprint density at radius 1 is 1.12 bits per heavy atom. The van der Waals surface area contributed by atoms with Crippen LogP contribution in [0.3, 0.4) is 0 Å². The molecule has 0 atom stereocenters. The van der Waals surface area contributed by atoms with E-state index >= 15 is 0 Å². The predicted octanol–water partition coefficient (Wildman–Crippen LogP) is 4.68. The zero-order chi connectivity index (χ0) is 19.2. The van der Waals surface area contributed by atoms with Gasteiger partial charge in [-0.05, 0) is 42.3 Å². The van der Waals surface area contributed by atoms with Gasteiger partial charge < -0.3 is 14.8 Å². The molecule has 0 bridgehead atoms. The maximum Gasteiger partial charge on any atom is 0.416 e. The van der Waals surface area contributed by atoms with Gasteiger partial charge in [-0.25, -0.2) is 0 Å². The van der Waals surface area contributed by atoms with Gasteiger partial charge in [0.15, 0.2) is 11.5 Å². The van der Waals surface area contributed by atoms with E-state index in [0.29, 0.717) is 23.7 Å². The second-order valence-electron chi connectivity index (χ2n) is 5.64. The van der Waals surface area contributed by atoms with Crippen LogP contribution >= 0.6 is 0 Å². The summed E-state index contributed by atoms with van der Waals surface area (Å²) in [6.07, 6.45) is -3.60. The van der Waals surface area contributed by atoms with Gasteiger partial charge in [0.05, 0.1) is 25.7 Å². The molecule has 2 aromatic rings. The minimum atomic E-state index is -4.46. The quantitative estimate of drug-likeness (QED) is 0.773. The van der Waals surface area contributed by atoms with Gasteiger partial charge in [-0.15, -0.1) is 0 Å². The third-order valence-corrected chi connectivity index (χ3v) is 3.53. The summed E-state index contributed by atoms with van der Waals surface area (Å²) in [5, 5.41) is 2.48. The highest BCUT2D eigenvalue weighted by atomic mass is 19.4. The number of alkyl halides is 3. The Kier molecular flexibility index (Phi) is 6.49. The molecule has 0 radical (unpaired) electrons. The van der Waals surface area contributed by atoms with E-state index in [-0.39, 0.29) is 12.1 Å². The van der Waals surface area contributed by atoms with Crippen molar-refractivity contribution in [1.29, 1.82) is 0 Å². The molecule has 4 nitrogen and oxygen atoms in total. The van der Waals surface area contributed by atoms with Gasteiger partial charge in [0.2, 0.25) is 5.91 Å². The minimum absolute atomic E-state index is 0.000658. The number of benzene rings is 2. The first-order chi connectivity index (χ1) is 12.3. The molecular weight excluding hydrogens is 347 g/mol. The second-order valence-corrected chi connectivity index (χ2v) is 5.64. The Morgan fingerprint density at radius 2 is 1.88 bits per heavy atom. The lowest BCUT2D eigenvalue weighted by molar-refractivity contribution is -0.137. The molecule has 0 saturated heterocycles. The molecule has 2 rings (SSSR count). The van der Waals surface area contributed by atoms with Crippen LogP contribution in [0.4, 0.5) is 18.9 Å². The van der Waals surface area contributed by atoms with E-state index in [1.54, 1.807) is 18.2 Å². The van der Waals surface area contributed by atoms with Crippen LogP contribution in [0.25, 0.3) is 0 Å². The number of anilines is 1. The zero-order valence-corrected chi connectivity index (χ0v) is 14.5. The molecule has 0 aliphatic carbocycles. The van der Waals surface area contributed by atoms with Gasteiger partial charge in [0, 0.05) is 5.69 Å². The topological polar surface area (TPSA) is 47.6 Å². The molecular formula is C19H20F3NO3. The van der Waals surface area contributed by atoms with Crippen molar-refractivity contribution in [2.24, 2.45) is 0 Å². The zero-order valence-electron chi connectivity index (χ0n) is 14.5. The lowest BCUT2D eigenvalue weighted by Gasteiger charge is -2.12. The Hall–Kier alpha value is -2.70. The lowest BCUT2D eigenvalue weighted by Crippen LogP contribution is -2.15. The minimum Gasteiger partial charge on any atom is -0.493 e. The third kappa shape index (κ3) is 5.40. The summed E-state index contributed by atoms with van der Waals surface area (Å²) in [5.41, 5.74) is -0.0516. The number of ether oxygens (including phenoxy) is 2. The summed E-state index contributed by atoms with van der Waals surface area (Å²) < 4.78 is 49.0. The molecule has 26 heavy (non-hydrogen) atoms. The molecule has 2 aromatic carbocycles. The van der Waals surface area contributed by atoms with Crippen molar-refractivity contribution in [3.63, 3.8) is 0 Å². The molecule has 7 heteroatoms. The number of carbonyl (C=O) groups excluding carboxylic acids is 1. The molecule has 1 N–H and O–H groups in total. The average molecular weight is 367 g/mol. The van der Waals surface area contributed by atoms with Crippen LogP contribution in [0.5, 0.6) is 11.5 Å². The first-order valence-electron chi connectivity index (χ1n) is 8.10. The van der Waals surface area contributed by atoms with Gasteiger partial charge in [-0.1, -0.05) is 19.1 Å². The molecule has 140 valence electrons. The number of hydrogen-bond donors (Lipinski definition) is 1. The average Bonchev–Trinajstić information content (AvgIpc) is 2.60. The second kappa shape index (κ2) is 8.60. The smallest absolute Gasteiger partial charge is 0.416 e. The highest BCUT2D eigenvalue weighted by Crippen LogP contribution is 2.31. The summed E-state index contributed by atoms with van der Waals surface area (Å²) in [6, 6.07) is 9.63. The van der Waals surface area contributed by atoms with E-state index in [2.05, 4.69) is 5.32 Å². The number of nitrogens with one attached hydrogen (secondary N) is 1. The van der Waals surface area contributed by atoms with Crippen LogP contribution < -0.4 is 14.8 Å². The van der Waals surface area contributed by atoms with Crippen molar-refractivity contribution in [3.05, 3.63) is 53.6 Å². The highest BCUT2D eigenvalue weighted by Gasteiger charge is 2.30. The maximum atomic E-state index is 12.7. The molecule has 0 saturated carbocycles. The van der Waals surface area contributed by atoms with Crippen molar-refractivity contribution in [2.45, 2.75) is 25.9 Å². The van der Waals surface area contributed by atoms with Gasteiger partial charge in [0.25, 0.3) is 0 Å². The Labute approximate surface area is 149 Å². The normalized spacial score (nSPS) is 11.1. The van der Waals surface area contributed by atoms with E-state index in [0.717, 1.165) is 18.6 Å². The van der Waals surface area contributed by atoms with Crippen LogP contribution in [-0.4, -0.2) is 19.6 Å². The highest BCUT2D eigenvalue weighted by molar-refractivity contribution is 5.92. The fourth-order valence-electron chi connectivity index (χ4n) is 2.32. The predicted molar refractivity (Wildman–Crippen MR) is 92.6 cm³/mol. The summed E-state index contributed by atoms with van der Waals surface area (Å²) >= 11 is 0. The monoisotopic (exact) mass is 367 g/mol. The summed E-state index contributed by atoms with van der Waals surface area (Å²) in [5.74, 6) is 0.660. The lowest BCUT2D eigenvalue weighted by atomic mass is 10.1. The third-order valence-electron chi connectivity index (χ3n) is 3.53. The van der Waals surface area contributed by atoms with Crippen molar-refractivity contribution in [1.82, 2.24) is 0 Å². The van der Waals surface area contributed by atoms with E-state index in [1.807, 2.05) is 6.92 Å². The van der Waals surface area contributed by atoms with Gasteiger partial charge >= 0.3 is 6.18 Å². The molecule has 0 aromatic heterocycles. The summed E-state index contributed by atoms with van der Waals surface area (Å²) in [4.78, 5) is 12.1. The number of rotatable bonds is 7. The summed E-state index contributed by atoms with van der Waals surface area (Å²) in [7, 11) is 1.50. The maximum absolute atomic E-state index is 12.7. The molecule has 0 aliphatic rings. The van der Waals surface area contributed by atoms with Gasteiger partial charge in [-0.2, -0.15) is 13.2 Å². The Balaban J connectivity index is 2.06. The molecule has 0 aliphatic heterocycles. The van der Waals surface area contributed by atoms with Crippen LogP contribution in [0, 0.1) is 0 Å². The SMILES string of the molecule is CCCOc1ccc(CC(=O)Nc2cccc(C(F)(F)F)c2)cc1OC. The first-order valence-corrected chi connectivity index (χ1v) is 8.10. The van der Waals surface area contributed by atoms with Gasteiger partial charge in [0.1, 0.15) is 0 Å². The Bertz CT molecular complexity index is 760. The molecule has 0 fully saturated rings. The standard InChI is InChI=1S/C19H20F3NO3/c1-3-9-26-16-8-7-13(10-17(16)25-2)11-18(24)23-15-6-4-5-14(12-15)19(20,21)22/h4-8,10,12H,3,9,11H2,1-2H3,(H,23,24). The summed E-state index contributed by atoms with van der Waals surface area (Å²) in [6.45, 7) is 2.53. The van der Waals surface area contributed by atoms with Crippen molar-refractivity contribution < 1.29 is 27.4 Å². The first kappa shape index (κ1) is 19.6. The largest absolute Gasteiger partial charge is 0.493 e. The fraction of sp³-hybridized carbons (Fsp3) is 0.316. The van der Waals surface area contributed by atoms with Gasteiger partial charge in [-0.3, -0.25) is 4.79 Å². The number of amides is 1. The van der Waals surface area contributed by atoms with E-state index < -0.39 is 17.6 Å². The van der Waals surface area contributed by atoms with Crippen LogP contribution in [0.1, 0.15) is 24.5 Å². The molecule has 0 heterocycles. The van der Waals surface area contributed by atoms with E-state index in [9.17, 15) is 18.0 Å². The van der Waals surface area contributed by atoms with Crippen LogP contribution in [-0.2, 0) is 17.4 Å². The number of halogens is 3. The van der Waals surface area contributed by atoms with E-state index in [4.69, 9.17) is 9.47 Å². The number of carbonyl (C=O) groups is 1. The molecule has 0 unspecified atom stereocenters. The molecule has 1 amide bonds. The molecule has 0 spiro atoms. The van der Waals surface area contributed by atoms with Crippen LogP contribution in [0.15, 0.2) is 42.5 Å². The van der Waals surface area contributed by atoms with E-state index in [1.165, 1.54) is 19.2 Å². The number of hydrogen-bond acceptors (Lipinski definition) is 3. The number of methoxy groups -OCH3 is 1. The van der Waals surface area contributed by atoms with Crippen molar-refractivity contribution in [2.75, 3.05) is 19.0 Å². The van der Waals surface area contributed by atoms with Crippen molar-refractivity contribution >= 4 is 11.6 Å².